The van der Waals surface area contributed by atoms with E-state index in [4.69, 9.17) is 5.26 Å². The maximum atomic E-state index is 12.6. The minimum absolute atomic E-state index is 0.0918. The number of phenolic OH excluding ortho intramolecular Hbond substituents is 1. The van der Waals surface area contributed by atoms with Gasteiger partial charge in [0.25, 0.3) is 5.91 Å². The Bertz CT molecular complexity index is 675. The van der Waals surface area contributed by atoms with Gasteiger partial charge in [-0.2, -0.15) is 5.26 Å². The molecule has 4 heteroatoms. The minimum Gasteiger partial charge on any atom is -0.508 e. The molecule has 0 heterocycles. The number of hydrogen-bond donors (Lipinski definition) is 1. The van der Waals surface area contributed by atoms with Gasteiger partial charge in [-0.05, 0) is 36.8 Å². The van der Waals surface area contributed by atoms with Gasteiger partial charge in [0.05, 0.1) is 12.5 Å². The van der Waals surface area contributed by atoms with Gasteiger partial charge in [-0.15, -0.1) is 0 Å². The number of aromatic hydroxyl groups is 1. The first-order valence-corrected chi connectivity index (χ1v) is 6.67. The van der Waals surface area contributed by atoms with Crippen molar-refractivity contribution in [1.29, 1.82) is 5.26 Å². The number of para-hydroxylation sites is 1. The zero-order valence-electron chi connectivity index (χ0n) is 11.8. The second-order valence-corrected chi connectivity index (χ2v) is 4.70. The van der Waals surface area contributed by atoms with Crippen molar-refractivity contribution >= 4 is 11.6 Å². The largest absolute Gasteiger partial charge is 0.508 e. The van der Waals surface area contributed by atoms with Gasteiger partial charge >= 0.3 is 0 Å². The summed E-state index contributed by atoms with van der Waals surface area (Å²) in [4.78, 5) is 14.2. The quantitative estimate of drug-likeness (QED) is 0.934. The van der Waals surface area contributed by atoms with Crippen LogP contribution in [-0.4, -0.2) is 17.6 Å². The molecular weight excluding hydrogens is 264 g/mol. The first-order chi connectivity index (χ1) is 10.1. The monoisotopic (exact) mass is 280 g/mol. The molecule has 0 unspecified atom stereocenters. The molecule has 0 aromatic heterocycles. The molecule has 2 aromatic rings. The highest BCUT2D eigenvalue weighted by Crippen LogP contribution is 2.21. The molecular formula is C17H16N2O2. The third-order valence-corrected chi connectivity index (χ3v) is 3.22. The summed E-state index contributed by atoms with van der Waals surface area (Å²) in [5.74, 6) is -0.138. The summed E-state index contributed by atoms with van der Waals surface area (Å²) in [5, 5.41) is 18.5. The smallest absolute Gasteiger partial charge is 0.258 e. The molecule has 21 heavy (non-hydrogen) atoms. The highest BCUT2D eigenvalue weighted by Gasteiger charge is 2.18. The lowest BCUT2D eigenvalue weighted by Crippen LogP contribution is -2.31. The molecule has 1 amide bonds. The Morgan fingerprint density at radius 2 is 1.95 bits per heavy atom. The standard InChI is InChI=1S/C17H16N2O2/c1-13-8-9-14(12-16(13)20)17(21)19(11-5-10-18)15-6-3-2-4-7-15/h2-4,6-9,12,20H,5,11H2,1H3. The van der Waals surface area contributed by atoms with E-state index in [-0.39, 0.29) is 18.1 Å². The molecule has 0 atom stereocenters. The lowest BCUT2D eigenvalue weighted by atomic mass is 10.1. The number of hydrogen-bond acceptors (Lipinski definition) is 3. The summed E-state index contributed by atoms with van der Waals surface area (Å²) < 4.78 is 0. The summed E-state index contributed by atoms with van der Waals surface area (Å²) in [6, 6.07) is 16.1. The van der Waals surface area contributed by atoms with Gasteiger partial charge in [0.15, 0.2) is 0 Å². The van der Waals surface area contributed by atoms with Crippen LogP contribution in [0.1, 0.15) is 22.3 Å². The molecule has 0 saturated carbocycles. The van der Waals surface area contributed by atoms with E-state index in [0.29, 0.717) is 12.1 Å². The van der Waals surface area contributed by atoms with Gasteiger partial charge in [0.2, 0.25) is 0 Å². The van der Waals surface area contributed by atoms with E-state index in [1.54, 1.807) is 24.0 Å². The number of anilines is 1. The number of nitrogens with zero attached hydrogens (tertiary/aromatic N) is 2. The average Bonchev–Trinajstić information content (AvgIpc) is 2.51. The van der Waals surface area contributed by atoms with E-state index < -0.39 is 0 Å². The predicted octanol–water partition coefficient (Wildman–Crippen LogP) is 3.26. The molecule has 0 aliphatic heterocycles. The summed E-state index contributed by atoms with van der Waals surface area (Å²) in [5.41, 5.74) is 1.85. The third kappa shape index (κ3) is 3.40. The molecule has 106 valence electrons. The lowest BCUT2D eigenvalue weighted by Gasteiger charge is -2.22. The zero-order valence-corrected chi connectivity index (χ0v) is 11.8. The number of rotatable bonds is 4. The van der Waals surface area contributed by atoms with E-state index in [0.717, 1.165) is 11.3 Å². The topological polar surface area (TPSA) is 64.3 Å². The average molecular weight is 280 g/mol. The summed E-state index contributed by atoms with van der Waals surface area (Å²) >= 11 is 0. The van der Waals surface area contributed by atoms with Crippen LogP contribution in [0, 0.1) is 18.3 Å². The van der Waals surface area contributed by atoms with Gasteiger partial charge in [0.1, 0.15) is 5.75 Å². The van der Waals surface area contributed by atoms with Crippen LogP contribution in [-0.2, 0) is 0 Å². The van der Waals surface area contributed by atoms with Crippen molar-refractivity contribution in [2.24, 2.45) is 0 Å². The maximum absolute atomic E-state index is 12.6. The maximum Gasteiger partial charge on any atom is 0.258 e. The molecule has 0 bridgehead atoms. The van der Waals surface area contributed by atoms with Crippen molar-refractivity contribution in [3.05, 3.63) is 59.7 Å². The third-order valence-electron chi connectivity index (χ3n) is 3.22. The number of carbonyl (C=O) groups is 1. The number of phenols is 1. The van der Waals surface area contributed by atoms with Gasteiger partial charge in [0, 0.05) is 17.8 Å². The predicted molar refractivity (Wildman–Crippen MR) is 81.2 cm³/mol. The van der Waals surface area contributed by atoms with Crippen molar-refractivity contribution in [2.45, 2.75) is 13.3 Å². The molecule has 0 aliphatic carbocycles. The van der Waals surface area contributed by atoms with E-state index in [1.165, 1.54) is 6.07 Å². The van der Waals surface area contributed by atoms with E-state index in [2.05, 4.69) is 6.07 Å². The normalized spacial score (nSPS) is 9.90. The Hall–Kier alpha value is -2.80. The Morgan fingerprint density at radius 3 is 2.57 bits per heavy atom. The fourth-order valence-corrected chi connectivity index (χ4v) is 2.02. The number of amides is 1. The fourth-order valence-electron chi connectivity index (χ4n) is 2.02. The minimum atomic E-state index is -0.230. The van der Waals surface area contributed by atoms with Crippen LogP contribution in [0.5, 0.6) is 5.75 Å². The van der Waals surface area contributed by atoms with E-state index in [1.807, 2.05) is 30.3 Å². The van der Waals surface area contributed by atoms with Crippen molar-refractivity contribution in [2.75, 3.05) is 11.4 Å². The highest BCUT2D eigenvalue weighted by molar-refractivity contribution is 6.06. The Kier molecular flexibility index (Phi) is 4.57. The molecule has 0 fully saturated rings. The van der Waals surface area contributed by atoms with Crippen LogP contribution in [0.3, 0.4) is 0 Å². The van der Waals surface area contributed by atoms with E-state index in [9.17, 15) is 9.90 Å². The van der Waals surface area contributed by atoms with Crippen LogP contribution in [0.2, 0.25) is 0 Å². The fraction of sp³-hybridized carbons (Fsp3) is 0.176. The van der Waals surface area contributed by atoms with Crippen molar-refractivity contribution in [3.8, 4) is 11.8 Å². The molecule has 0 radical (unpaired) electrons. The first kappa shape index (κ1) is 14.6. The number of nitriles is 1. The van der Waals surface area contributed by atoms with Gasteiger partial charge < -0.3 is 10.0 Å². The van der Waals surface area contributed by atoms with Crippen molar-refractivity contribution in [1.82, 2.24) is 0 Å². The second kappa shape index (κ2) is 6.58. The number of carbonyl (C=O) groups excluding carboxylic acids is 1. The Labute approximate surface area is 123 Å². The number of aryl methyl sites for hydroxylation is 1. The van der Waals surface area contributed by atoms with Crippen LogP contribution in [0.4, 0.5) is 5.69 Å². The second-order valence-electron chi connectivity index (χ2n) is 4.70. The molecule has 1 N–H and O–H groups in total. The summed E-state index contributed by atoms with van der Waals surface area (Å²) in [6.45, 7) is 2.09. The highest BCUT2D eigenvalue weighted by atomic mass is 16.3. The van der Waals surface area contributed by atoms with Gasteiger partial charge in [-0.1, -0.05) is 24.3 Å². The summed E-state index contributed by atoms with van der Waals surface area (Å²) in [7, 11) is 0. The number of benzene rings is 2. The van der Waals surface area contributed by atoms with Crippen LogP contribution in [0.15, 0.2) is 48.5 Å². The van der Waals surface area contributed by atoms with E-state index >= 15 is 0 Å². The summed E-state index contributed by atoms with van der Waals surface area (Å²) in [6.07, 6.45) is 0.248. The lowest BCUT2D eigenvalue weighted by molar-refractivity contribution is 0.0987. The molecule has 4 nitrogen and oxygen atoms in total. The SMILES string of the molecule is Cc1ccc(C(=O)N(CCC#N)c2ccccc2)cc1O. The van der Waals surface area contributed by atoms with Crippen molar-refractivity contribution in [3.63, 3.8) is 0 Å². The van der Waals surface area contributed by atoms with Crippen molar-refractivity contribution < 1.29 is 9.90 Å². The van der Waals surface area contributed by atoms with Crippen LogP contribution in [0.25, 0.3) is 0 Å². The Morgan fingerprint density at radius 1 is 1.24 bits per heavy atom. The van der Waals surface area contributed by atoms with Crippen LogP contribution >= 0.6 is 0 Å². The molecule has 2 rings (SSSR count). The molecule has 2 aromatic carbocycles. The van der Waals surface area contributed by atoms with Crippen LogP contribution < -0.4 is 4.90 Å². The van der Waals surface area contributed by atoms with Gasteiger partial charge in [-0.25, -0.2) is 0 Å². The zero-order chi connectivity index (χ0) is 15.2. The molecule has 0 aliphatic rings. The van der Waals surface area contributed by atoms with Gasteiger partial charge in [-0.3, -0.25) is 4.79 Å². The molecule has 0 saturated heterocycles. The first-order valence-electron chi connectivity index (χ1n) is 6.67. The molecule has 0 spiro atoms. The Balaban J connectivity index is 2.34.